The third-order valence-electron chi connectivity index (χ3n) is 3.47. The molecule has 0 saturated carbocycles. The lowest BCUT2D eigenvalue weighted by Gasteiger charge is -2.12. The number of carbonyl (C=O) groups is 1. The maximum absolute atomic E-state index is 12.3. The number of oxazole rings is 1. The molecule has 5 nitrogen and oxygen atoms in total. The summed E-state index contributed by atoms with van der Waals surface area (Å²) in [5.74, 6) is 0.290. The molecule has 1 aromatic heterocycles. The third kappa shape index (κ3) is 3.45. The van der Waals surface area contributed by atoms with Crippen LogP contribution in [-0.2, 0) is 0 Å². The first-order chi connectivity index (χ1) is 11.7. The van der Waals surface area contributed by atoms with Crippen molar-refractivity contribution in [1.82, 2.24) is 10.3 Å². The van der Waals surface area contributed by atoms with Crippen molar-refractivity contribution in [2.75, 3.05) is 0 Å². The molecule has 0 spiro atoms. The molecule has 3 aromatic rings. The molecule has 1 amide bonds. The van der Waals surface area contributed by atoms with Crippen LogP contribution >= 0.6 is 11.6 Å². The number of hydrogen-bond donors (Lipinski definition) is 1. The molecule has 1 atom stereocenters. The van der Waals surface area contributed by atoms with Gasteiger partial charge >= 0.3 is 0 Å². The van der Waals surface area contributed by atoms with E-state index < -0.39 is 6.04 Å². The van der Waals surface area contributed by atoms with E-state index in [0.29, 0.717) is 21.9 Å². The van der Waals surface area contributed by atoms with E-state index >= 15 is 0 Å². The van der Waals surface area contributed by atoms with Crippen LogP contribution in [0.2, 0.25) is 5.02 Å². The summed E-state index contributed by atoms with van der Waals surface area (Å²) in [6.45, 7) is 0. The van der Waals surface area contributed by atoms with Crippen LogP contribution in [0.3, 0.4) is 0 Å². The van der Waals surface area contributed by atoms with E-state index in [1.54, 1.807) is 54.7 Å². The van der Waals surface area contributed by atoms with Crippen molar-refractivity contribution < 1.29 is 9.21 Å². The van der Waals surface area contributed by atoms with E-state index in [1.807, 2.05) is 0 Å². The van der Waals surface area contributed by atoms with Gasteiger partial charge in [0.05, 0.1) is 12.3 Å². The summed E-state index contributed by atoms with van der Waals surface area (Å²) in [6, 6.07) is 15.0. The van der Waals surface area contributed by atoms with E-state index in [4.69, 9.17) is 16.0 Å². The number of amides is 1. The van der Waals surface area contributed by atoms with Crippen molar-refractivity contribution in [3.05, 3.63) is 77.3 Å². The summed E-state index contributed by atoms with van der Waals surface area (Å²) in [4.78, 5) is 16.2. The number of benzene rings is 2. The van der Waals surface area contributed by atoms with E-state index in [0.717, 1.165) is 5.56 Å². The van der Waals surface area contributed by atoms with E-state index in [2.05, 4.69) is 16.4 Å². The van der Waals surface area contributed by atoms with Gasteiger partial charge < -0.3 is 9.73 Å². The molecule has 0 radical (unpaired) electrons. The zero-order chi connectivity index (χ0) is 16.9. The lowest BCUT2D eigenvalue weighted by molar-refractivity contribution is 0.0945. The number of aromatic nitrogens is 1. The molecule has 0 saturated heterocycles. The molecule has 1 heterocycles. The van der Waals surface area contributed by atoms with Gasteiger partial charge in [0.1, 0.15) is 6.04 Å². The van der Waals surface area contributed by atoms with Gasteiger partial charge in [0.2, 0.25) is 0 Å². The predicted octanol–water partition coefficient (Wildman–Crippen LogP) is 3.99. The summed E-state index contributed by atoms with van der Waals surface area (Å²) < 4.78 is 5.20. The van der Waals surface area contributed by atoms with Crippen molar-refractivity contribution in [2.45, 2.75) is 6.04 Å². The summed E-state index contributed by atoms with van der Waals surface area (Å²) in [7, 11) is 0. The van der Waals surface area contributed by atoms with Gasteiger partial charge in [0.25, 0.3) is 5.91 Å². The molecule has 2 aromatic carbocycles. The molecule has 1 unspecified atom stereocenters. The Morgan fingerprint density at radius 2 is 1.88 bits per heavy atom. The molecule has 1 N–H and O–H groups in total. The Kier molecular flexibility index (Phi) is 4.59. The smallest absolute Gasteiger partial charge is 0.252 e. The lowest BCUT2D eigenvalue weighted by atomic mass is 10.1. The Morgan fingerprint density at radius 3 is 2.46 bits per heavy atom. The normalized spacial score (nSPS) is 11.5. The molecule has 6 heteroatoms. The fourth-order valence-corrected chi connectivity index (χ4v) is 2.33. The van der Waals surface area contributed by atoms with Crippen molar-refractivity contribution >= 4 is 17.5 Å². The topological polar surface area (TPSA) is 78.9 Å². The second-order valence-corrected chi connectivity index (χ2v) is 5.47. The molecule has 118 valence electrons. The van der Waals surface area contributed by atoms with Crippen LogP contribution in [0, 0.1) is 11.3 Å². The highest BCUT2D eigenvalue weighted by Gasteiger charge is 2.15. The van der Waals surface area contributed by atoms with Crippen molar-refractivity contribution in [2.24, 2.45) is 0 Å². The van der Waals surface area contributed by atoms with Gasteiger partial charge in [-0.25, -0.2) is 4.98 Å². The molecule has 0 fully saturated rings. The number of nitrogens with zero attached hydrogens (tertiary/aromatic N) is 2. The predicted molar refractivity (Wildman–Crippen MR) is 89.2 cm³/mol. The first-order valence-corrected chi connectivity index (χ1v) is 7.50. The Morgan fingerprint density at radius 1 is 1.17 bits per heavy atom. The number of nitriles is 1. The van der Waals surface area contributed by atoms with E-state index in [1.165, 1.54) is 6.39 Å². The van der Waals surface area contributed by atoms with Gasteiger partial charge in [-0.05, 0) is 29.8 Å². The second-order valence-electron chi connectivity index (χ2n) is 5.03. The first-order valence-electron chi connectivity index (χ1n) is 7.12. The highest BCUT2D eigenvalue weighted by molar-refractivity contribution is 6.30. The van der Waals surface area contributed by atoms with Gasteiger partial charge in [-0.1, -0.05) is 35.9 Å². The minimum absolute atomic E-state index is 0.333. The molecular formula is C18H12ClN3O2. The minimum Gasteiger partial charge on any atom is -0.444 e. The van der Waals surface area contributed by atoms with Gasteiger partial charge in [0, 0.05) is 16.1 Å². The quantitative estimate of drug-likeness (QED) is 0.780. The molecular weight excluding hydrogens is 326 g/mol. The molecule has 0 aliphatic carbocycles. The number of halogens is 1. The van der Waals surface area contributed by atoms with Crippen LogP contribution in [-0.4, -0.2) is 10.9 Å². The van der Waals surface area contributed by atoms with Crippen LogP contribution < -0.4 is 5.32 Å². The van der Waals surface area contributed by atoms with Gasteiger partial charge in [0.15, 0.2) is 12.2 Å². The number of rotatable bonds is 4. The third-order valence-corrected chi connectivity index (χ3v) is 3.72. The molecule has 0 aliphatic heterocycles. The Labute approximate surface area is 143 Å². The van der Waals surface area contributed by atoms with Crippen LogP contribution in [0.15, 0.2) is 65.5 Å². The van der Waals surface area contributed by atoms with Crippen molar-refractivity contribution in [1.29, 1.82) is 5.26 Å². The van der Waals surface area contributed by atoms with Crippen molar-refractivity contribution in [3.8, 4) is 17.4 Å². The minimum atomic E-state index is -0.747. The zero-order valence-corrected chi connectivity index (χ0v) is 13.2. The van der Waals surface area contributed by atoms with Crippen LogP contribution in [0.1, 0.15) is 22.0 Å². The van der Waals surface area contributed by atoms with Gasteiger partial charge in [-0.15, -0.1) is 0 Å². The monoisotopic (exact) mass is 337 g/mol. The van der Waals surface area contributed by atoms with Crippen LogP contribution in [0.4, 0.5) is 0 Å². The van der Waals surface area contributed by atoms with Crippen LogP contribution in [0.5, 0.6) is 0 Å². The number of nitrogens with one attached hydrogen (secondary N) is 1. The number of carbonyl (C=O) groups excluding carboxylic acids is 1. The summed E-state index contributed by atoms with van der Waals surface area (Å²) in [5.41, 5.74) is 1.94. The average molecular weight is 338 g/mol. The maximum Gasteiger partial charge on any atom is 0.252 e. The SMILES string of the molecule is N#CC(NC(=O)c1ccc(-c2cnco2)cc1)c1ccc(Cl)cc1. The standard InChI is InChI=1S/C18H12ClN3O2/c19-15-7-5-12(6-8-15)16(9-20)22-18(23)14-3-1-13(2-4-14)17-10-21-11-24-17/h1-8,10-11,16H,(H,22,23). The van der Waals surface area contributed by atoms with Gasteiger partial charge in [-0.2, -0.15) is 5.26 Å². The Bertz CT molecular complexity index is 866. The fraction of sp³-hybridized carbons (Fsp3) is 0.0556. The van der Waals surface area contributed by atoms with Crippen molar-refractivity contribution in [3.63, 3.8) is 0 Å². The Balaban J connectivity index is 1.74. The molecule has 3 rings (SSSR count). The van der Waals surface area contributed by atoms with Gasteiger partial charge in [-0.3, -0.25) is 4.79 Å². The summed E-state index contributed by atoms with van der Waals surface area (Å²) in [5, 5.41) is 12.6. The maximum atomic E-state index is 12.3. The second kappa shape index (κ2) is 6.99. The molecule has 24 heavy (non-hydrogen) atoms. The molecule has 0 bridgehead atoms. The fourth-order valence-electron chi connectivity index (χ4n) is 2.20. The largest absolute Gasteiger partial charge is 0.444 e. The zero-order valence-electron chi connectivity index (χ0n) is 12.4. The number of hydrogen-bond acceptors (Lipinski definition) is 4. The highest BCUT2D eigenvalue weighted by atomic mass is 35.5. The van der Waals surface area contributed by atoms with E-state index in [-0.39, 0.29) is 5.91 Å². The average Bonchev–Trinajstić information content (AvgIpc) is 3.15. The lowest BCUT2D eigenvalue weighted by Crippen LogP contribution is -2.27. The highest BCUT2D eigenvalue weighted by Crippen LogP contribution is 2.20. The summed E-state index contributed by atoms with van der Waals surface area (Å²) >= 11 is 5.84. The summed E-state index contributed by atoms with van der Waals surface area (Å²) in [6.07, 6.45) is 2.95. The molecule has 0 aliphatic rings. The first kappa shape index (κ1) is 15.8. The van der Waals surface area contributed by atoms with E-state index in [9.17, 15) is 10.1 Å². The van der Waals surface area contributed by atoms with Crippen LogP contribution in [0.25, 0.3) is 11.3 Å². The Hall–Kier alpha value is -3.10.